The van der Waals surface area contributed by atoms with Gasteiger partial charge in [0.05, 0.1) is 11.6 Å². The first-order chi connectivity index (χ1) is 15.0. The molecule has 0 aromatic heterocycles. The van der Waals surface area contributed by atoms with Gasteiger partial charge < -0.3 is 15.2 Å². The molecule has 0 spiro atoms. The Morgan fingerprint density at radius 1 is 0.938 bits per heavy atom. The minimum absolute atomic E-state index is 0. The summed E-state index contributed by atoms with van der Waals surface area (Å²) in [7, 11) is 0. The number of hydrogen-bond acceptors (Lipinski definition) is 4. The topological polar surface area (TPSA) is 84.1 Å². The van der Waals surface area contributed by atoms with E-state index in [2.05, 4.69) is 29.1 Å². The molecule has 0 aliphatic rings. The van der Waals surface area contributed by atoms with Crippen molar-refractivity contribution in [3.05, 3.63) is 71.0 Å². The van der Waals surface area contributed by atoms with Gasteiger partial charge in [-0.05, 0) is 31.5 Å². The molecule has 0 radical (unpaired) electrons. The minimum atomic E-state index is -1.01. The quantitative estimate of drug-likeness (QED) is 0.321. The van der Waals surface area contributed by atoms with Crippen molar-refractivity contribution in [2.75, 3.05) is 26.2 Å². The summed E-state index contributed by atoms with van der Waals surface area (Å²) in [5.74, 6) is -1.22. The summed E-state index contributed by atoms with van der Waals surface area (Å²) in [5.41, 5.74) is 2.46. The molecule has 0 aliphatic heterocycles. The minimum Gasteiger partial charge on any atom is -0.625 e. The van der Waals surface area contributed by atoms with Gasteiger partial charge in [0, 0.05) is 12.1 Å². The Hall–Kier alpha value is -2.50. The van der Waals surface area contributed by atoms with E-state index in [0.29, 0.717) is 17.0 Å². The summed E-state index contributed by atoms with van der Waals surface area (Å²) < 4.78 is 0. The Labute approximate surface area is 201 Å². The number of amides is 1. The van der Waals surface area contributed by atoms with E-state index >= 15 is 0 Å². The van der Waals surface area contributed by atoms with Crippen LogP contribution >= 0.6 is 0 Å². The summed E-state index contributed by atoms with van der Waals surface area (Å²) in [6, 6.07) is 16.6. The third kappa shape index (κ3) is 9.33. The zero-order chi connectivity index (χ0) is 22.5. The molecule has 0 heterocycles. The SMILES string of the molecule is CCCCN(CCCC)CC(=O)[N-]c1ccccc1C(=NCC(=O)O)c1ccccc1.[Ni+2]. The van der Waals surface area contributed by atoms with E-state index in [1.165, 1.54) is 0 Å². The van der Waals surface area contributed by atoms with E-state index in [1.54, 1.807) is 6.07 Å². The van der Waals surface area contributed by atoms with Crippen LogP contribution in [0, 0.1) is 0 Å². The first-order valence-corrected chi connectivity index (χ1v) is 10.9. The van der Waals surface area contributed by atoms with Crippen LogP contribution in [-0.2, 0) is 26.1 Å². The second-order valence-corrected chi connectivity index (χ2v) is 7.43. The van der Waals surface area contributed by atoms with Crippen molar-refractivity contribution in [2.45, 2.75) is 39.5 Å². The van der Waals surface area contributed by atoms with Crippen LogP contribution in [0.2, 0.25) is 0 Å². The fraction of sp³-hybridized carbons (Fsp3) is 0.400. The van der Waals surface area contributed by atoms with Crippen molar-refractivity contribution in [3.63, 3.8) is 0 Å². The van der Waals surface area contributed by atoms with Gasteiger partial charge in [0.25, 0.3) is 0 Å². The monoisotopic (exact) mass is 480 g/mol. The molecule has 6 nitrogen and oxygen atoms in total. The van der Waals surface area contributed by atoms with Crippen molar-refractivity contribution in [3.8, 4) is 0 Å². The van der Waals surface area contributed by atoms with Crippen LogP contribution in [0.4, 0.5) is 5.69 Å². The van der Waals surface area contributed by atoms with Crippen molar-refractivity contribution < 1.29 is 31.2 Å². The molecule has 1 N–H and O–H groups in total. The predicted octanol–water partition coefficient (Wildman–Crippen LogP) is 5.04. The average Bonchev–Trinajstić information content (AvgIpc) is 2.77. The summed E-state index contributed by atoms with van der Waals surface area (Å²) in [6.45, 7) is 5.98. The zero-order valence-corrected chi connectivity index (χ0v) is 19.8. The van der Waals surface area contributed by atoms with Crippen LogP contribution < -0.4 is 0 Å². The number of carboxylic acids is 1. The molecule has 2 aromatic rings. The maximum Gasteiger partial charge on any atom is 2.00 e. The Morgan fingerprint density at radius 2 is 1.53 bits per heavy atom. The van der Waals surface area contributed by atoms with Gasteiger partial charge in [-0.2, -0.15) is 0 Å². The van der Waals surface area contributed by atoms with Crippen LogP contribution in [0.5, 0.6) is 0 Å². The largest absolute Gasteiger partial charge is 2.00 e. The molecule has 32 heavy (non-hydrogen) atoms. The summed E-state index contributed by atoms with van der Waals surface area (Å²) in [4.78, 5) is 30.4. The van der Waals surface area contributed by atoms with Crippen molar-refractivity contribution in [2.24, 2.45) is 4.99 Å². The van der Waals surface area contributed by atoms with Gasteiger partial charge in [0.1, 0.15) is 6.54 Å². The predicted molar refractivity (Wildman–Crippen MR) is 125 cm³/mol. The number of carboxylic acid groups (broad SMARTS) is 1. The van der Waals surface area contributed by atoms with Crippen molar-refractivity contribution in [1.82, 2.24) is 4.90 Å². The Balaban J connectivity index is 0.00000512. The summed E-state index contributed by atoms with van der Waals surface area (Å²) in [6.07, 6.45) is 4.26. The number of aliphatic carboxylic acids is 1. The molecule has 0 unspecified atom stereocenters. The van der Waals surface area contributed by atoms with Crippen LogP contribution in [0.25, 0.3) is 5.32 Å². The molecule has 1 amide bonds. The van der Waals surface area contributed by atoms with E-state index in [1.807, 2.05) is 48.5 Å². The van der Waals surface area contributed by atoms with E-state index in [4.69, 9.17) is 5.11 Å². The molecular formula is C25H32N3NiO3+. The van der Waals surface area contributed by atoms with Crippen molar-refractivity contribution in [1.29, 1.82) is 0 Å². The van der Waals surface area contributed by atoms with Gasteiger partial charge in [-0.15, -0.1) is 5.69 Å². The number of carbonyl (C=O) groups is 2. The molecule has 0 atom stereocenters. The average molecular weight is 481 g/mol. The number of nitrogens with zero attached hydrogens (tertiary/aromatic N) is 3. The van der Waals surface area contributed by atoms with E-state index in [-0.39, 0.29) is 35.5 Å². The van der Waals surface area contributed by atoms with Gasteiger partial charge >= 0.3 is 22.5 Å². The molecule has 2 aromatic carbocycles. The van der Waals surface area contributed by atoms with Crippen molar-refractivity contribution >= 4 is 23.3 Å². The third-order valence-corrected chi connectivity index (χ3v) is 4.84. The summed E-state index contributed by atoms with van der Waals surface area (Å²) in [5, 5.41) is 13.5. The molecule has 7 heteroatoms. The van der Waals surface area contributed by atoms with Gasteiger partial charge in [-0.25, -0.2) is 0 Å². The second kappa shape index (κ2) is 15.3. The zero-order valence-electron chi connectivity index (χ0n) is 18.8. The standard InChI is InChI=1S/C25H33N3O3.Ni/c1-3-5-16-28(17-6-4-2)19-23(29)27-22-15-11-10-14-21(22)25(26-18-24(30)31)20-12-8-7-9-13-20;/h7-15H,3-6,16-19H2,1-2H3,(H2,26,27,29,30,31);/q;+2/p-1. The smallest absolute Gasteiger partial charge is 0.625 e. The number of hydrogen-bond donors (Lipinski definition) is 1. The number of rotatable bonds is 13. The normalized spacial score (nSPS) is 11.2. The van der Waals surface area contributed by atoms with Crippen LogP contribution in [0.3, 0.4) is 0 Å². The Morgan fingerprint density at radius 3 is 2.12 bits per heavy atom. The first-order valence-electron chi connectivity index (χ1n) is 10.9. The van der Waals surface area contributed by atoms with Crippen LogP contribution in [0.1, 0.15) is 50.7 Å². The number of unbranched alkanes of at least 4 members (excludes halogenated alkanes) is 2. The number of carbonyl (C=O) groups excluding carboxylic acids is 1. The Kier molecular flexibility index (Phi) is 13.2. The van der Waals surface area contributed by atoms with Gasteiger partial charge in [-0.3, -0.25) is 14.7 Å². The molecule has 0 saturated heterocycles. The summed E-state index contributed by atoms with van der Waals surface area (Å²) >= 11 is 0. The van der Waals surface area contributed by atoms with E-state index < -0.39 is 5.97 Å². The van der Waals surface area contributed by atoms with E-state index in [9.17, 15) is 9.59 Å². The maximum absolute atomic E-state index is 12.8. The van der Waals surface area contributed by atoms with Gasteiger partial charge in [0.2, 0.25) is 0 Å². The van der Waals surface area contributed by atoms with Gasteiger partial charge in [-0.1, -0.05) is 81.3 Å². The van der Waals surface area contributed by atoms with Crippen LogP contribution in [-0.4, -0.2) is 53.8 Å². The molecule has 174 valence electrons. The number of aliphatic imine (C=N–C) groups is 1. The van der Waals surface area contributed by atoms with Gasteiger partial charge in [0.15, 0.2) is 0 Å². The third-order valence-electron chi connectivity index (χ3n) is 4.84. The number of para-hydroxylation sites is 1. The first kappa shape index (κ1) is 27.5. The second-order valence-electron chi connectivity index (χ2n) is 7.43. The molecule has 0 saturated carbocycles. The molecule has 0 bridgehead atoms. The maximum atomic E-state index is 12.8. The fourth-order valence-corrected chi connectivity index (χ4v) is 3.24. The number of benzene rings is 2. The molecular weight excluding hydrogens is 449 g/mol. The van der Waals surface area contributed by atoms with Crippen LogP contribution in [0.15, 0.2) is 59.6 Å². The Bertz CT molecular complexity index is 864. The molecule has 0 aliphatic carbocycles. The van der Waals surface area contributed by atoms with E-state index in [0.717, 1.165) is 44.3 Å². The fourth-order valence-electron chi connectivity index (χ4n) is 3.24. The molecule has 2 rings (SSSR count). The molecule has 0 fully saturated rings.